The van der Waals surface area contributed by atoms with Crippen LogP contribution in [0.25, 0.3) is 10.9 Å². The number of aromatic hydroxyl groups is 1. The first-order chi connectivity index (χ1) is 47.7. The van der Waals surface area contributed by atoms with Gasteiger partial charge in [0.05, 0.1) is 38.4 Å². The predicted molar refractivity (Wildman–Crippen MR) is 374 cm³/mol. The number of nitrogens with zero attached hydrogens (tertiary/aromatic N) is 4. The van der Waals surface area contributed by atoms with Crippen molar-refractivity contribution in [1.29, 1.82) is 0 Å². The molecule has 3 aromatic carbocycles. The standard InChI is InChI=1S/C65H90N14O19S2.CH4/c1-38(80)56-64(96)73-51(63(95)75-57(39(2)81)65(97)98)37-100-99-36-50(72-59(91)47(28-40-10-4-3-5-11-40)68-52(83)32-76-20-22-77(33-53(84)85)24-26-79(35-55(88)89)27-25-78(23-21-76)34-54(86)87)62(94)70-48(29-41-15-17-43(82)18-16-41)60(92)71-49(30-42-31-67-45-13-7-6-12-44(42)45)61(93)69-46(58(90)74-56)14-8-9-19-66;/h3-7,10-13,15-18,31,38-39,46-51,56-57,67,80-82H,8-9,14,19-30,32-37,66H2,1-2H3,(H,68,83)(H,69,93)(H,70,94)(H,71,92)(H,72,91)(H,73,96)(H,74,90)(H,75,95)(H,84,85)(H,86,87)(H,88,89)(H,97,98);1H4/t38-,39-,46+,47-,48+,49-,50+,51+,56+,57+;/m1./s1. The molecule has 2 aliphatic heterocycles. The number of unbranched alkanes of at least 4 members (excludes halogenated alkanes) is 1. The van der Waals surface area contributed by atoms with Crippen LogP contribution in [0.4, 0.5) is 0 Å². The number of aromatic amines is 1. The molecule has 0 radical (unpaired) electrons. The van der Waals surface area contributed by atoms with Gasteiger partial charge in [0.25, 0.3) is 0 Å². The number of aromatic nitrogens is 1. The maximum absolute atomic E-state index is 15.3. The summed E-state index contributed by atoms with van der Waals surface area (Å²) in [5.74, 6) is -14.0. The Balaban J connectivity index is 0.0000184. The average Bonchev–Trinajstić information content (AvgIpc) is 1.76. The second-order valence-corrected chi connectivity index (χ2v) is 27.0. The lowest BCUT2D eigenvalue weighted by atomic mass is 10.0. The van der Waals surface area contributed by atoms with E-state index in [4.69, 9.17) is 5.73 Å². The van der Waals surface area contributed by atoms with Crippen molar-refractivity contribution in [1.82, 2.24) is 67.1 Å². The third kappa shape index (κ3) is 27.8. The predicted octanol–water partition coefficient (Wildman–Crippen LogP) is -2.74. The summed E-state index contributed by atoms with van der Waals surface area (Å²) in [6.07, 6.45) is -1.92. The van der Waals surface area contributed by atoms with Gasteiger partial charge in [0.2, 0.25) is 47.3 Å². The Labute approximate surface area is 591 Å². The smallest absolute Gasteiger partial charge is 0.328 e. The number of phenols is 1. The average molecular weight is 1450 g/mol. The van der Waals surface area contributed by atoms with Gasteiger partial charge >= 0.3 is 23.9 Å². The van der Waals surface area contributed by atoms with Crippen molar-refractivity contribution >= 4 is 104 Å². The van der Waals surface area contributed by atoms with E-state index in [0.29, 0.717) is 34.0 Å². The van der Waals surface area contributed by atoms with Crippen LogP contribution >= 0.6 is 21.6 Å². The van der Waals surface area contributed by atoms with Crippen LogP contribution in [0, 0.1) is 0 Å². The number of carboxylic acid groups (broad SMARTS) is 4. The molecule has 0 bridgehead atoms. The molecular weight excluding hydrogens is 1360 g/mol. The number of phenolic OH excluding ortho intramolecular Hbond substituents is 1. The van der Waals surface area contributed by atoms with Gasteiger partial charge in [-0.1, -0.05) is 89.7 Å². The normalized spacial score (nSPS) is 21.7. The monoisotopic (exact) mass is 1450 g/mol. The zero-order chi connectivity index (χ0) is 73.0. The molecular formula is C66H94N14O19S2. The van der Waals surface area contributed by atoms with Crippen LogP contribution in [0.1, 0.15) is 57.2 Å². The van der Waals surface area contributed by atoms with E-state index in [1.165, 1.54) is 24.3 Å². The van der Waals surface area contributed by atoms with Crippen LogP contribution < -0.4 is 48.3 Å². The van der Waals surface area contributed by atoms with Gasteiger partial charge in [-0.25, -0.2) is 4.79 Å². The van der Waals surface area contributed by atoms with Crippen LogP contribution in [0.3, 0.4) is 0 Å². The maximum atomic E-state index is 15.3. The van der Waals surface area contributed by atoms with E-state index in [1.807, 2.05) is 0 Å². The highest BCUT2D eigenvalue weighted by Gasteiger charge is 2.38. The van der Waals surface area contributed by atoms with Gasteiger partial charge in [0.15, 0.2) is 6.04 Å². The van der Waals surface area contributed by atoms with Gasteiger partial charge in [0, 0.05) is 100 Å². The molecule has 10 atom stereocenters. The molecule has 18 N–H and O–H groups in total. The lowest BCUT2D eigenvalue weighted by molar-refractivity contribution is -0.145. The lowest BCUT2D eigenvalue weighted by Crippen LogP contribution is -2.62. The summed E-state index contributed by atoms with van der Waals surface area (Å²) in [4.78, 5) is 176. The molecule has 0 saturated carbocycles. The summed E-state index contributed by atoms with van der Waals surface area (Å²) in [6.45, 7) is 1.38. The van der Waals surface area contributed by atoms with Crippen LogP contribution in [0.5, 0.6) is 5.75 Å². The summed E-state index contributed by atoms with van der Waals surface area (Å²) in [6, 6.07) is 7.92. The fourth-order valence-corrected chi connectivity index (χ4v) is 13.4. The van der Waals surface area contributed by atoms with Crippen molar-refractivity contribution in [2.75, 3.05) is 96.6 Å². The highest BCUT2D eigenvalue weighted by molar-refractivity contribution is 8.76. The molecule has 35 heteroatoms. The number of nitrogens with one attached hydrogen (secondary N) is 9. The van der Waals surface area contributed by atoms with Crippen LogP contribution in [0.2, 0.25) is 0 Å². The van der Waals surface area contributed by atoms with Crippen LogP contribution in [-0.2, 0) is 76.8 Å². The number of H-pyrrole nitrogens is 1. The number of aliphatic carboxylic acids is 4. The van der Waals surface area contributed by atoms with Crippen molar-refractivity contribution in [3.63, 3.8) is 0 Å². The van der Waals surface area contributed by atoms with Gasteiger partial charge < -0.3 is 89.0 Å². The fraction of sp³-hybridized carbons (Fsp3) is 0.515. The van der Waals surface area contributed by atoms with Gasteiger partial charge in [-0.15, -0.1) is 0 Å². The highest BCUT2D eigenvalue weighted by atomic mass is 33.1. The largest absolute Gasteiger partial charge is 0.508 e. The van der Waals surface area contributed by atoms with Gasteiger partial charge in [-0.2, -0.15) is 0 Å². The number of carbonyl (C=O) groups is 12. The highest BCUT2D eigenvalue weighted by Crippen LogP contribution is 2.25. The number of para-hydroxylation sites is 1. The molecule has 33 nitrogen and oxygen atoms in total. The second-order valence-electron chi connectivity index (χ2n) is 24.5. The van der Waals surface area contributed by atoms with E-state index in [0.717, 1.165) is 35.4 Å². The van der Waals surface area contributed by atoms with E-state index in [9.17, 15) is 78.9 Å². The van der Waals surface area contributed by atoms with Crippen molar-refractivity contribution in [2.24, 2.45) is 5.73 Å². The number of aliphatic hydroxyl groups is 2. The number of nitrogens with two attached hydrogens (primary N) is 1. The molecule has 1 aromatic heterocycles. The van der Waals surface area contributed by atoms with Crippen molar-refractivity contribution < 1.29 is 93.3 Å². The molecule has 0 spiro atoms. The number of hydrogen-bond donors (Lipinski definition) is 17. The Morgan fingerprint density at radius 1 is 0.584 bits per heavy atom. The van der Waals surface area contributed by atoms with Crippen molar-refractivity contribution in [3.8, 4) is 5.75 Å². The number of aliphatic hydroxyl groups excluding tert-OH is 2. The van der Waals surface area contributed by atoms with Gasteiger partial charge in [-0.05, 0) is 74.5 Å². The van der Waals surface area contributed by atoms with Crippen molar-refractivity contribution in [3.05, 3.63) is 102 Å². The van der Waals surface area contributed by atoms with Crippen molar-refractivity contribution in [2.45, 2.75) is 120 Å². The first-order valence-corrected chi connectivity index (χ1v) is 35.0. The summed E-state index contributed by atoms with van der Waals surface area (Å²) in [5.41, 5.74) is 7.96. The number of benzene rings is 3. The van der Waals surface area contributed by atoms with Gasteiger partial charge in [0.1, 0.15) is 48.0 Å². The number of fused-ring (bicyclic) bond motifs is 1. The lowest BCUT2D eigenvalue weighted by Gasteiger charge is -2.33. The first-order valence-electron chi connectivity index (χ1n) is 32.5. The van der Waals surface area contributed by atoms with E-state index in [1.54, 1.807) is 80.4 Å². The van der Waals surface area contributed by atoms with Gasteiger partial charge in [-0.3, -0.25) is 72.3 Å². The third-order valence-corrected chi connectivity index (χ3v) is 19.0. The molecule has 0 unspecified atom stereocenters. The Morgan fingerprint density at radius 2 is 1.10 bits per heavy atom. The van der Waals surface area contributed by atoms with E-state index in [-0.39, 0.29) is 111 Å². The molecule has 4 aromatic rings. The topological polar surface area (TPSA) is 497 Å². The van der Waals surface area contributed by atoms with E-state index in [2.05, 4.69) is 47.5 Å². The molecule has 0 aliphatic carbocycles. The quantitative estimate of drug-likeness (QED) is 0.0224. The minimum absolute atomic E-state index is 0. The molecule has 101 heavy (non-hydrogen) atoms. The Hall–Kier alpha value is -8.94. The zero-order valence-corrected chi connectivity index (χ0v) is 57.1. The number of carboxylic acids is 4. The number of amides is 8. The molecule has 2 saturated heterocycles. The zero-order valence-electron chi connectivity index (χ0n) is 55.4. The van der Waals surface area contributed by atoms with E-state index < -0.39 is 163 Å². The SMILES string of the molecule is C.C[C@@H](O)[C@H](NC(=O)[C@@H]1CSSC[C@H](NC(=O)[C@@H](Cc2ccccc2)NC(=O)CN2CCN(CC(=O)O)CCN(CC(=O)O)CCN(CC(=O)O)CC2)C(=O)N[C@@H](Cc2ccc(O)cc2)C(=O)N[C@H](Cc2c[nH]c3ccccc23)C(=O)N[C@@H](CCCCN)C(=O)N[C@@H]([C@@H](C)O)C(=O)N1)C(=O)O. The molecule has 3 heterocycles. The second kappa shape index (κ2) is 41.7. The first kappa shape index (κ1) is 82.7. The molecule has 554 valence electrons. The minimum Gasteiger partial charge on any atom is -0.508 e. The number of hydrogen-bond acceptors (Lipinski definition) is 22. The minimum atomic E-state index is -1.91. The number of carbonyl (C=O) groups excluding carboxylic acids is 8. The summed E-state index contributed by atoms with van der Waals surface area (Å²) in [7, 11) is 1.66. The maximum Gasteiger partial charge on any atom is 0.328 e. The summed E-state index contributed by atoms with van der Waals surface area (Å²) >= 11 is 0. The Morgan fingerprint density at radius 3 is 1.64 bits per heavy atom. The molecule has 6 rings (SSSR count). The van der Waals surface area contributed by atoms with Crippen LogP contribution in [0.15, 0.2) is 85.1 Å². The third-order valence-electron chi connectivity index (χ3n) is 16.6. The summed E-state index contributed by atoms with van der Waals surface area (Å²) < 4.78 is 0. The number of rotatable bonds is 26. The Bertz CT molecular complexity index is 3410. The fourth-order valence-electron chi connectivity index (χ4n) is 11.1. The Kier molecular flexibility index (Phi) is 34.2. The van der Waals surface area contributed by atoms with E-state index >= 15 is 14.4 Å². The molecule has 2 fully saturated rings. The van der Waals surface area contributed by atoms with Crippen LogP contribution in [-0.4, -0.2) is 289 Å². The summed E-state index contributed by atoms with van der Waals surface area (Å²) in [5, 5.41) is 92.4. The molecule has 8 amide bonds. The molecule has 2 aliphatic rings.